The molecule has 6 heteroatoms. The number of carbonyl (C=O) groups excluding carboxylic acids is 1. The molecule has 0 bridgehead atoms. The van der Waals surface area contributed by atoms with E-state index in [2.05, 4.69) is 5.32 Å². The summed E-state index contributed by atoms with van der Waals surface area (Å²) in [5, 5.41) is 13.2. The minimum Gasteiger partial charge on any atom is -0.478 e. The largest absolute Gasteiger partial charge is 0.478 e. The summed E-state index contributed by atoms with van der Waals surface area (Å²) >= 11 is 6.34. The number of carbonyl (C=O) groups is 2. The molecule has 2 N–H and O–H groups in total. The molecule has 0 fully saturated rings. The smallest absolute Gasteiger partial charge is 0.335 e. The topological polar surface area (TPSA) is 71.3 Å². The minimum atomic E-state index is -0.974. The molecular formula is C19H17ClN2O3. The zero-order chi connectivity index (χ0) is 18.1. The average molecular weight is 357 g/mol. The van der Waals surface area contributed by atoms with Crippen molar-refractivity contribution in [3.05, 3.63) is 69.9 Å². The molecule has 1 aromatic heterocycles. The monoisotopic (exact) mass is 356 g/mol. The normalized spacial score (nSPS) is 10.8. The van der Waals surface area contributed by atoms with E-state index in [4.69, 9.17) is 16.7 Å². The van der Waals surface area contributed by atoms with Crippen molar-refractivity contribution in [1.82, 2.24) is 9.88 Å². The van der Waals surface area contributed by atoms with Gasteiger partial charge in [0.2, 0.25) is 0 Å². The molecule has 0 aliphatic carbocycles. The first-order valence-electron chi connectivity index (χ1n) is 7.73. The van der Waals surface area contributed by atoms with E-state index < -0.39 is 5.97 Å². The Morgan fingerprint density at radius 1 is 1.16 bits per heavy atom. The lowest BCUT2D eigenvalue weighted by Crippen LogP contribution is -2.24. The molecule has 0 radical (unpaired) electrons. The van der Waals surface area contributed by atoms with Gasteiger partial charge in [0, 0.05) is 24.5 Å². The van der Waals surface area contributed by atoms with Crippen molar-refractivity contribution in [3.8, 4) is 0 Å². The van der Waals surface area contributed by atoms with Gasteiger partial charge in [-0.3, -0.25) is 4.79 Å². The predicted octanol–water partition coefficient (Wildman–Crippen LogP) is 3.77. The van der Waals surface area contributed by atoms with Gasteiger partial charge >= 0.3 is 5.97 Å². The quantitative estimate of drug-likeness (QED) is 0.747. The van der Waals surface area contributed by atoms with Crippen LogP contribution in [0.25, 0.3) is 10.9 Å². The van der Waals surface area contributed by atoms with Crippen LogP contribution in [0.15, 0.2) is 42.5 Å². The Labute approximate surface area is 149 Å². The highest BCUT2D eigenvalue weighted by Crippen LogP contribution is 2.29. The molecule has 2 aromatic carbocycles. The van der Waals surface area contributed by atoms with Crippen molar-refractivity contribution in [2.24, 2.45) is 7.05 Å². The molecular weight excluding hydrogens is 340 g/mol. The Kier molecular flexibility index (Phi) is 4.51. The lowest BCUT2D eigenvalue weighted by molar-refractivity contribution is 0.0696. The fourth-order valence-electron chi connectivity index (χ4n) is 2.74. The van der Waals surface area contributed by atoms with Gasteiger partial charge < -0.3 is 15.0 Å². The molecule has 1 amide bonds. The van der Waals surface area contributed by atoms with Gasteiger partial charge in [-0.05, 0) is 42.3 Å². The van der Waals surface area contributed by atoms with Gasteiger partial charge in [-0.2, -0.15) is 0 Å². The van der Waals surface area contributed by atoms with Crippen LogP contribution in [-0.2, 0) is 13.6 Å². The van der Waals surface area contributed by atoms with E-state index in [1.807, 2.05) is 30.7 Å². The van der Waals surface area contributed by atoms with Crippen LogP contribution < -0.4 is 5.32 Å². The molecule has 0 aliphatic heterocycles. The summed E-state index contributed by atoms with van der Waals surface area (Å²) in [6, 6.07) is 12.1. The summed E-state index contributed by atoms with van der Waals surface area (Å²) in [6.07, 6.45) is 0. The molecule has 25 heavy (non-hydrogen) atoms. The van der Waals surface area contributed by atoms with Gasteiger partial charge in [0.1, 0.15) is 5.69 Å². The number of carboxylic acid groups (broad SMARTS) is 1. The second kappa shape index (κ2) is 6.61. The predicted molar refractivity (Wildman–Crippen MR) is 97.2 cm³/mol. The van der Waals surface area contributed by atoms with Gasteiger partial charge in [0.25, 0.3) is 5.91 Å². The first-order chi connectivity index (χ1) is 11.9. The first-order valence-corrected chi connectivity index (χ1v) is 8.11. The minimum absolute atomic E-state index is 0.213. The van der Waals surface area contributed by atoms with Crippen LogP contribution in [0.1, 0.15) is 32.0 Å². The summed E-state index contributed by atoms with van der Waals surface area (Å²) in [7, 11) is 1.82. The number of aromatic carboxylic acids is 1. The Bertz CT molecular complexity index is 974. The van der Waals surface area contributed by atoms with E-state index in [0.29, 0.717) is 17.3 Å². The molecule has 5 nitrogen and oxygen atoms in total. The van der Waals surface area contributed by atoms with Crippen molar-refractivity contribution in [3.63, 3.8) is 0 Å². The van der Waals surface area contributed by atoms with Crippen molar-refractivity contribution in [1.29, 1.82) is 0 Å². The van der Waals surface area contributed by atoms with E-state index in [-0.39, 0.29) is 11.5 Å². The van der Waals surface area contributed by atoms with E-state index in [0.717, 1.165) is 22.0 Å². The van der Waals surface area contributed by atoms with Crippen LogP contribution >= 0.6 is 11.6 Å². The Morgan fingerprint density at radius 2 is 1.84 bits per heavy atom. The van der Waals surface area contributed by atoms with Crippen molar-refractivity contribution < 1.29 is 14.7 Å². The number of hydrogen-bond donors (Lipinski definition) is 2. The molecule has 3 aromatic rings. The highest BCUT2D eigenvalue weighted by atomic mass is 35.5. The van der Waals surface area contributed by atoms with Crippen LogP contribution in [0.2, 0.25) is 5.02 Å². The fraction of sp³-hybridized carbons (Fsp3) is 0.158. The average Bonchev–Trinajstić information content (AvgIpc) is 2.94. The molecule has 1 heterocycles. The number of benzene rings is 2. The molecule has 128 valence electrons. The number of nitrogens with one attached hydrogen (secondary N) is 1. The molecule has 0 spiro atoms. The van der Waals surface area contributed by atoms with Gasteiger partial charge in [-0.1, -0.05) is 29.8 Å². The molecule has 0 atom stereocenters. The zero-order valence-electron chi connectivity index (χ0n) is 13.8. The number of aromatic nitrogens is 1. The Morgan fingerprint density at radius 3 is 2.48 bits per heavy atom. The maximum Gasteiger partial charge on any atom is 0.335 e. The lowest BCUT2D eigenvalue weighted by Gasteiger charge is -2.07. The van der Waals surface area contributed by atoms with Gasteiger partial charge in [0.05, 0.1) is 10.6 Å². The third-order valence-electron chi connectivity index (χ3n) is 4.24. The number of amides is 1. The van der Waals surface area contributed by atoms with Crippen LogP contribution in [0.4, 0.5) is 0 Å². The summed E-state index contributed by atoms with van der Waals surface area (Å²) in [5.41, 5.74) is 3.42. The second-order valence-electron chi connectivity index (χ2n) is 5.90. The summed E-state index contributed by atoms with van der Waals surface area (Å²) < 4.78 is 1.81. The van der Waals surface area contributed by atoms with Crippen LogP contribution in [-0.4, -0.2) is 21.6 Å². The molecule has 0 saturated heterocycles. The number of halogens is 1. The summed E-state index contributed by atoms with van der Waals surface area (Å²) in [5.74, 6) is -1.19. The fourth-order valence-corrected chi connectivity index (χ4v) is 2.96. The molecule has 0 unspecified atom stereocenters. The molecule has 0 saturated carbocycles. The van der Waals surface area contributed by atoms with Gasteiger partial charge in [-0.15, -0.1) is 0 Å². The van der Waals surface area contributed by atoms with E-state index in [1.165, 1.54) is 12.1 Å². The standard InChI is InChI=1S/C19H17ClN2O3/c1-11-3-8-15-14(17(11)20)9-16(22(15)2)18(23)21-10-12-4-6-13(7-5-12)19(24)25/h3-9H,10H2,1-2H3,(H,21,23)(H,24,25). The lowest BCUT2D eigenvalue weighted by atomic mass is 10.1. The highest BCUT2D eigenvalue weighted by molar-refractivity contribution is 6.36. The Balaban J connectivity index is 1.79. The van der Waals surface area contributed by atoms with Crippen LogP contribution in [0, 0.1) is 6.92 Å². The van der Waals surface area contributed by atoms with Crippen LogP contribution in [0.3, 0.4) is 0 Å². The maximum atomic E-state index is 12.5. The highest BCUT2D eigenvalue weighted by Gasteiger charge is 2.15. The number of rotatable bonds is 4. The molecule has 3 rings (SSSR count). The van der Waals surface area contributed by atoms with E-state index in [1.54, 1.807) is 18.2 Å². The number of carboxylic acids is 1. The van der Waals surface area contributed by atoms with Gasteiger partial charge in [-0.25, -0.2) is 4.79 Å². The zero-order valence-corrected chi connectivity index (χ0v) is 14.6. The van der Waals surface area contributed by atoms with Gasteiger partial charge in [0.15, 0.2) is 0 Å². The van der Waals surface area contributed by atoms with Crippen LogP contribution in [0.5, 0.6) is 0 Å². The van der Waals surface area contributed by atoms with E-state index >= 15 is 0 Å². The van der Waals surface area contributed by atoms with E-state index in [9.17, 15) is 9.59 Å². The molecule has 0 aliphatic rings. The second-order valence-corrected chi connectivity index (χ2v) is 6.28. The Hall–Kier alpha value is -2.79. The number of nitrogens with zero attached hydrogens (tertiary/aromatic N) is 1. The number of fused-ring (bicyclic) bond motifs is 1. The SMILES string of the molecule is Cc1ccc2c(cc(C(=O)NCc3ccc(C(=O)O)cc3)n2C)c1Cl. The first kappa shape index (κ1) is 17.0. The summed E-state index contributed by atoms with van der Waals surface area (Å²) in [6.45, 7) is 2.24. The van der Waals surface area contributed by atoms with Crippen molar-refractivity contribution >= 4 is 34.4 Å². The number of hydrogen-bond acceptors (Lipinski definition) is 2. The maximum absolute atomic E-state index is 12.5. The summed E-state index contributed by atoms with van der Waals surface area (Å²) in [4.78, 5) is 23.4. The van der Waals surface area contributed by atoms with Crippen molar-refractivity contribution in [2.45, 2.75) is 13.5 Å². The van der Waals surface area contributed by atoms with Crippen molar-refractivity contribution in [2.75, 3.05) is 0 Å². The third kappa shape index (κ3) is 3.23. The number of aryl methyl sites for hydroxylation is 2. The third-order valence-corrected chi connectivity index (χ3v) is 4.74.